The zero-order chi connectivity index (χ0) is 15.3. The first-order valence-corrected chi connectivity index (χ1v) is 7.91. The lowest BCUT2D eigenvalue weighted by molar-refractivity contribution is 0.503. The SMILES string of the molecule is Cc1ccc(Cc2c(F)c(F)cc3nsnc23)c2nsnc12. The van der Waals surface area contributed by atoms with E-state index in [1.807, 2.05) is 19.1 Å². The van der Waals surface area contributed by atoms with Crippen LogP contribution in [0.2, 0.25) is 0 Å². The lowest BCUT2D eigenvalue weighted by Crippen LogP contribution is -1.99. The third-order valence-corrected chi connectivity index (χ3v) is 4.68. The summed E-state index contributed by atoms with van der Waals surface area (Å²) in [5, 5.41) is 0. The van der Waals surface area contributed by atoms with Crippen molar-refractivity contribution in [3.05, 3.63) is 46.5 Å². The Hall–Kier alpha value is -2.06. The van der Waals surface area contributed by atoms with Gasteiger partial charge in [-0.1, -0.05) is 12.1 Å². The molecular weight excluding hydrogens is 326 g/mol. The zero-order valence-corrected chi connectivity index (χ0v) is 12.9. The van der Waals surface area contributed by atoms with Gasteiger partial charge in [0.2, 0.25) is 0 Å². The molecule has 0 radical (unpaired) electrons. The number of fused-ring (bicyclic) bond motifs is 2. The van der Waals surface area contributed by atoms with E-state index in [-0.39, 0.29) is 12.0 Å². The molecule has 0 N–H and O–H groups in total. The monoisotopic (exact) mass is 334 g/mol. The van der Waals surface area contributed by atoms with Crippen molar-refractivity contribution in [3.63, 3.8) is 0 Å². The summed E-state index contributed by atoms with van der Waals surface area (Å²) < 4.78 is 44.6. The number of nitrogens with zero attached hydrogens (tertiary/aromatic N) is 4. The molecule has 2 heterocycles. The van der Waals surface area contributed by atoms with Crippen molar-refractivity contribution in [2.45, 2.75) is 13.3 Å². The summed E-state index contributed by atoms with van der Waals surface area (Å²) in [5.74, 6) is -1.79. The van der Waals surface area contributed by atoms with E-state index < -0.39 is 11.6 Å². The minimum atomic E-state index is -0.907. The van der Waals surface area contributed by atoms with Crippen LogP contribution in [0.15, 0.2) is 18.2 Å². The summed E-state index contributed by atoms with van der Waals surface area (Å²) in [5.41, 5.74) is 4.32. The van der Waals surface area contributed by atoms with Gasteiger partial charge in [0.15, 0.2) is 11.6 Å². The van der Waals surface area contributed by atoms with Crippen molar-refractivity contribution in [3.8, 4) is 0 Å². The molecule has 0 aliphatic heterocycles. The van der Waals surface area contributed by atoms with Crippen molar-refractivity contribution in [2.24, 2.45) is 0 Å². The number of aryl methyl sites for hydroxylation is 1. The van der Waals surface area contributed by atoms with Crippen LogP contribution in [0.25, 0.3) is 22.1 Å². The predicted octanol–water partition coefficient (Wildman–Crippen LogP) is 3.87. The minimum absolute atomic E-state index is 0.202. The van der Waals surface area contributed by atoms with Crippen LogP contribution in [0.5, 0.6) is 0 Å². The van der Waals surface area contributed by atoms with Crippen LogP contribution in [0.3, 0.4) is 0 Å². The molecule has 0 fully saturated rings. The molecule has 0 saturated carbocycles. The summed E-state index contributed by atoms with van der Waals surface area (Å²) in [6.07, 6.45) is 0.202. The Kier molecular flexibility index (Phi) is 3.08. The molecule has 4 aromatic rings. The molecule has 0 aliphatic carbocycles. The van der Waals surface area contributed by atoms with Crippen LogP contribution in [0.1, 0.15) is 16.7 Å². The van der Waals surface area contributed by atoms with Crippen LogP contribution >= 0.6 is 23.5 Å². The highest BCUT2D eigenvalue weighted by Crippen LogP contribution is 2.28. The number of halogens is 2. The van der Waals surface area contributed by atoms with Gasteiger partial charge in [-0.2, -0.15) is 17.5 Å². The van der Waals surface area contributed by atoms with Gasteiger partial charge in [-0.15, -0.1) is 0 Å². The standard InChI is InChI=1S/C14H8F2N4S2/c1-6-2-3-7(13-12(6)18-22-19-13)4-8-11(16)9(15)5-10-14(8)20-21-17-10/h2-3,5H,4H2,1H3. The Bertz CT molecular complexity index is 1010. The van der Waals surface area contributed by atoms with Crippen LogP contribution in [0.4, 0.5) is 8.78 Å². The Balaban J connectivity index is 1.93. The van der Waals surface area contributed by atoms with Gasteiger partial charge in [-0.3, -0.25) is 0 Å². The van der Waals surface area contributed by atoms with Crippen molar-refractivity contribution in [1.29, 1.82) is 0 Å². The van der Waals surface area contributed by atoms with Crippen molar-refractivity contribution >= 4 is 45.5 Å². The third kappa shape index (κ3) is 1.98. The third-order valence-electron chi connectivity index (χ3n) is 3.61. The van der Waals surface area contributed by atoms with Crippen LogP contribution in [0, 0.1) is 18.6 Å². The minimum Gasteiger partial charge on any atom is -0.204 e. The number of benzene rings is 2. The predicted molar refractivity (Wildman–Crippen MR) is 82.3 cm³/mol. The van der Waals surface area contributed by atoms with Gasteiger partial charge in [-0.05, 0) is 18.1 Å². The van der Waals surface area contributed by atoms with E-state index >= 15 is 0 Å². The second-order valence-corrected chi connectivity index (χ2v) is 6.02. The molecule has 0 saturated heterocycles. The summed E-state index contributed by atoms with van der Waals surface area (Å²) in [6.45, 7) is 1.94. The molecule has 4 rings (SSSR count). The van der Waals surface area contributed by atoms with Crippen LogP contribution in [-0.4, -0.2) is 17.5 Å². The average Bonchev–Trinajstić information content (AvgIpc) is 3.15. The smallest absolute Gasteiger partial charge is 0.164 e. The molecule has 110 valence electrons. The second-order valence-electron chi connectivity index (χ2n) is 4.96. The van der Waals surface area contributed by atoms with Gasteiger partial charge in [0, 0.05) is 18.1 Å². The molecule has 0 amide bonds. The summed E-state index contributed by atoms with van der Waals surface area (Å²) in [4.78, 5) is 0. The highest BCUT2D eigenvalue weighted by molar-refractivity contribution is 7.00. The van der Waals surface area contributed by atoms with E-state index in [1.54, 1.807) is 0 Å². The molecule has 0 bridgehead atoms. The first kappa shape index (κ1) is 13.6. The highest BCUT2D eigenvalue weighted by atomic mass is 32.1. The van der Waals surface area contributed by atoms with Crippen molar-refractivity contribution < 1.29 is 8.78 Å². The van der Waals surface area contributed by atoms with Gasteiger partial charge >= 0.3 is 0 Å². The zero-order valence-electron chi connectivity index (χ0n) is 11.3. The molecular formula is C14H8F2N4S2. The fraction of sp³-hybridized carbons (Fsp3) is 0.143. The van der Waals surface area contributed by atoms with Gasteiger partial charge < -0.3 is 0 Å². The van der Waals surface area contributed by atoms with Crippen LogP contribution < -0.4 is 0 Å². The number of hydrogen-bond donors (Lipinski definition) is 0. The van der Waals surface area contributed by atoms with Gasteiger partial charge in [0.05, 0.1) is 23.5 Å². The quantitative estimate of drug-likeness (QED) is 0.558. The van der Waals surface area contributed by atoms with E-state index in [1.165, 1.54) is 0 Å². The number of aromatic nitrogens is 4. The van der Waals surface area contributed by atoms with Crippen LogP contribution in [-0.2, 0) is 6.42 Å². The van der Waals surface area contributed by atoms with Gasteiger partial charge in [-0.25, -0.2) is 8.78 Å². The Morgan fingerprint density at radius 3 is 2.55 bits per heavy atom. The number of hydrogen-bond acceptors (Lipinski definition) is 6. The summed E-state index contributed by atoms with van der Waals surface area (Å²) in [6, 6.07) is 4.86. The summed E-state index contributed by atoms with van der Waals surface area (Å²) >= 11 is 2.05. The van der Waals surface area contributed by atoms with E-state index in [2.05, 4.69) is 17.5 Å². The fourth-order valence-electron chi connectivity index (χ4n) is 2.47. The first-order chi connectivity index (χ1) is 10.6. The fourth-order valence-corrected chi connectivity index (χ4v) is 3.66. The van der Waals surface area contributed by atoms with E-state index in [4.69, 9.17) is 0 Å². The maximum atomic E-state index is 14.2. The topological polar surface area (TPSA) is 51.6 Å². The summed E-state index contributed by atoms with van der Waals surface area (Å²) in [7, 11) is 0. The first-order valence-electron chi connectivity index (χ1n) is 6.45. The van der Waals surface area contributed by atoms with Crippen molar-refractivity contribution in [2.75, 3.05) is 0 Å². The molecule has 0 unspecified atom stereocenters. The van der Waals surface area contributed by atoms with Gasteiger partial charge in [0.25, 0.3) is 0 Å². The highest BCUT2D eigenvalue weighted by Gasteiger charge is 2.19. The average molecular weight is 334 g/mol. The van der Waals surface area contributed by atoms with E-state index in [9.17, 15) is 8.78 Å². The normalized spacial score (nSPS) is 11.6. The van der Waals surface area contributed by atoms with Crippen molar-refractivity contribution in [1.82, 2.24) is 17.5 Å². The molecule has 2 aromatic heterocycles. The molecule has 8 heteroatoms. The Labute approximate surface area is 132 Å². The maximum absolute atomic E-state index is 14.2. The van der Waals surface area contributed by atoms with E-state index in [0.717, 1.165) is 51.7 Å². The largest absolute Gasteiger partial charge is 0.204 e. The molecule has 4 nitrogen and oxygen atoms in total. The van der Waals surface area contributed by atoms with Gasteiger partial charge in [0.1, 0.15) is 22.1 Å². The second kappa shape index (κ2) is 4.99. The molecule has 0 aliphatic rings. The molecule has 0 spiro atoms. The molecule has 2 aromatic carbocycles. The molecule has 22 heavy (non-hydrogen) atoms. The number of rotatable bonds is 2. The van der Waals surface area contributed by atoms with E-state index in [0.29, 0.717) is 11.0 Å². The lowest BCUT2D eigenvalue weighted by atomic mass is 10.00. The maximum Gasteiger partial charge on any atom is 0.164 e. The Morgan fingerprint density at radius 2 is 1.68 bits per heavy atom. The lowest BCUT2D eigenvalue weighted by Gasteiger charge is -2.06. The Morgan fingerprint density at radius 1 is 0.955 bits per heavy atom. The molecule has 0 atom stereocenters.